The van der Waals surface area contributed by atoms with Gasteiger partial charge in [-0.15, -0.1) is 0 Å². The summed E-state index contributed by atoms with van der Waals surface area (Å²) in [5, 5.41) is 6.98. The predicted molar refractivity (Wildman–Crippen MR) is 111 cm³/mol. The third-order valence-corrected chi connectivity index (χ3v) is 4.94. The van der Waals surface area contributed by atoms with Crippen molar-refractivity contribution in [2.75, 3.05) is 31.1 Å². The Hall–Kier alpha value is -2.63. The summed E-state index contributed by atoms with van der Waals surface area (Å²) in [6.07, 6.45) is 8.74. The third kappa shape index (κ3) is 5.67. The molecular weight excluding hydrogens is 336 g/mol. The number of rotatable bonds is 6. The van der Waals surface area contributed by atoms with E-state index in [4.69, 9.17) is 4.99 Å². The molecule has 1 fully saturated rings. The minimum atomic E-state index is 0.449. The number of piperidine rings is 1. The summed E-state index contributed by atoms with van der Waals surface area (Å²) in [7, 11) is 0. The van der Waals surface area contributed by atoms with E-state index >= 15 is 0 Å². The Bertz CT molecular complexity index is 722. The predicted octanol–water partition coefficient (Wildman–Crippen LogP) is 2.55. The van der Waals surface area contributed by atoms with Gasteiger partial charge in [0.1, 0.15) is 5.82 Å². The number of pyridine rings is 2. The minimum Gasteiger partial charge on any atom is -0.357 e. The molecule has 0 spiro atoms. The van der Waals surface area contributed by atoms with Crippen LogP contribution in [0.5, 0.6) is 0 Å². The number of guanidine groups is 1. The van der Waals surface area contributed by atoms with Gasteiger partial charge in [-0.05, 0) is 62.4 Å². The van der Waals surface area contributed by atoms with Gasteiger partial charge in [0.05, 0.1) is 0 Å². The van der Waals surface area contributed by atoms with E-state index in [1.165, 1.54) is 11.1 Å². The number of nitrogens with zero attached hydrogens (tertiary/aromatic N) is 4. The van der Waals surface area contributed by atoms with E-state index in [1.807, 2.05) is 30.7 Å². The van der Waals surface area contributed by atoms with Gasteiger partial charge in [-0.1, -0.05) is 6.07 Å². The molecule has 3 rings (SSSR count). The van der Waals surface area contributed by atoms with Crippen molar-refractivity contribution in [1.82, 2.24) is 20.6 Å². The Morgan fingerprint density at radius 3 is 2.78 bits per heavy atom. The molecule has 3 heterocycles. The summed E-state index contributed by atoms with van der Waals surface area (Å²) in [5.74, 6) is 1.99. The van der Waals surface area contributed by atoms with Gasteiger partial charge in [0.25, 0.3) is 0 Å². The number of anilines is 1. The zero-order valence-electron chi connectivity index (χ0n) is 16.4. The molecule has 0 amide bonds. The average Bonchev–Trinajstić information content (AvgIpc) is 2.71. The lowest BCUT2D eigenvalue weighted by molar-refractivity contribution is 0.459. The first-order valence-electron chi connectivity index (χ1n) is 9.86. The molecule has 1 aliphatic heterocycles. The molecule has 144 valence electrons. The number of aliphatic imine (C=N–C) groups is 1. The highest BCUT2D eigenvalue weighted by molar-refractivity contribution is 5.80. The molecule has 2 aromatic rings. The number of hydrogen-bond acceptors (Lipinski definition) is 4. The molecule has 6 heteroatoms. The Balaban J connectivity index is 1.50. The molecule has 0 atom stereocenters. The molecule has 27 heavy (non-hydrogen) atoms. The van der Waals surface area contributed by atoms with Crippen LogP contribution < -0.4 is 15.5 Å². The lowest BCUT2D eigenvalue weighted by atomic mass is 10.1. The first-order valence-corrected chi connectivity index (χ1v) is 9.86. The SMILES string of the molecule is CCNC(=NCCc1ccncc1C)NC1CCN(c2ccccn2)CC1. The molecule has 0 aliphatic carbocycles. The van der Waals surface area contributed by atoms with Gasteiger partial charge in [0.2, 0.25) is 0 Å². The van der Waals surface area contributed by atoms with Crippen LogP contribution in [0.25, 0.3) is 0 Å². The summed E-state index contributed by atoms with van der Waals surface area (Å²) in [4.78, 5) is 15.7. The van der Waals surface area contributed by atoms with Crippen LogP contribution in [-0.2, 0) is 6.42 Å². The van der Waals surface area contributed by atoms with Crippen LogP contribution in [0.1, 0.15) is 30.9 Å². The number of aryl methyl sites for hydroxylation is 1. The van der Waals surface area contributed by atoms with Gasteiger partial charge in [0.15, 0.2) is 5.96 Å². The molecule has 0 unspecified atom stereocenters. The van der Waals surface area contributed by atoms with Crippen LogP contribution in [0, 0.1) is 6.92 Å². The first-order chi connectivity index (χ1) is 13.3. The van der Waals surface area contributed by atoms with Crippen LogP contribution in [0.3, 0.4) is 0 Å². The summed E-state index contributed by atoms with van der Waals surface area (Å²) >= 11 is 0. The maximum atomic E-state index is 4.77. The lowest BCUT2D eigenvalue weighted by Crippen LogP contribution is -2.49. The molecule has 2 N–H and O–H groups in total. The first kappa shape index (κ1) is 19.1. The molecule has 0 aromatic carbocycles. The molecule has 0 bridgehead atoms. The van der Waals surface area contributed by atoms with Crippen molar-refractivity contribution < 1.29 is 0 Å². The zero-order chi connectivity index (χ0) is 18.9. The molecular formula is C21H30N6. The van der Waals surface area contributed by atoms with E-state index in [0.29, 0.717) is 6.04 Å². The van der Waals surface area contributed by atoms with E-state index in [-0.39, 0.29) is 0 Å². The van der Waals surface area contributed by atoms with E-state index in [1.54, 1.807) is 0 Å². The second-order valence-corrected chi connectivity index (χ2v) is 6.91. The zero-order valence-corrected chi connectivity index (χ0v) is 16.4. The van der Waals surface area contributed by atoms with Crippen molar-refractivity contribution in [3.63, 3.8) is 0 Å². The normalized spacial score (nSPS) is 15.6. The largest absolute Gasteiger partial charge is 0.357 e. The number of nitrogens with one attached hydrogen (secondary N) is 2. The third-order valence-electron chi connectivity index (χ3n) is 4.94. The van der Waals surface area contributed by atoms with Gasteiger partial charge >= 0.3 is 0 Å². The van der Waals surface area contributed by atoms with E-state index in [0.717, 1.165) is 57.2 Å². The molecule has 1 aliphatic rings. The highest BCUT2D eigenvalue weighted by Crippen LogP contribution is 2.17. The molecule has 0 radical (unpaired) electrons. The summed E-state index contributed by atoms with van der Waals surface area (Å²) in [6, 6.07) is 8.63. The maximum Gasteiger partial charge on any atom is 0.191 e. The second kappa shape index (κ2) is 9.90. The van der Waals surface area contributed by atoms with Crippen LogP contribution >= 0.6 is 0 Å². The Kier molecular flexibility index (Phi) is 7.02. The fourth-order valence-electron chi connectivity index (χ4n) is 3.38. The van der Waals surface area contributed by atoms with Gasteiger partial charge in [-0.2, -0.15) is 0 Å². The fourth-order valence-corrected chi connectivity index (χ4v) is 3.38. The van der Waals surface area contributed by atoms with Gasteiger partial charge < -0.3 is 15.5 Å². The molecule has 0 saturated carbocycles. The molecule has 1 saturated heterocycles. The average molecular weight is 367 g/mol. The van der Waals surface area contributed by atoms with E-state index in [9.17, 15) is 0 Å². The highest BCUT2D eigenvalue weighted by atomic mass is 15.2. The van der Waals surface area contributed by atoms with E-state index < -0.39 is 0 Å². The van der Waals surface area contributed by atoms with Gasteiger partial charge in [0, 0.05) is 50.8 Å². The summed E-state index contributed by atoms with van der Waals surface area (Å²) in [6.45, 7) is 7.88. The van der Waals surface area contributed by atoms with Crippen LogP contribution in [0.2, 0.25) is 0 Å². The Morgan fingerprint density at radius 2 is 2.07 bits per heavy atom. The van der Waals surface area contributed by atoms with Crippen molar-refractivity contribution in [1.29, 1.82) is 0 Å². The Morgan fingerprint density at radius 1 is 1.22 bits per heavy atom. The maximum absolute atomic E-state index is 4.77. The highest BCUT2D eigenvalue weighted by Gasteiger charge is 2.20. The fraction of sp³-hybridized carbons (Fsp3) is 0.476. The van der Waals surface area contributed by atoms with Crippen LogP contribution in [0.4, 0.5) is 5.82 Å². The standard InChI is InChI=1S/C21H30N6/c1-3-23-21(25-13-8-18-7-12-22-16-17(18)2)26-19-9-14-27(15-10-19)20-6-4-5-11-24-20/h4-7,11-12,16,19H,3,8-10,13-15H2,1-2H3,(H2,23,25,26). The lowest BCUT2D eigenvalue weighted by Gasteiger charge is -2.33. The summed E-state index contributed by atoms with van der Waals surface area (Å²) in [5.41, 5.74) is 2.54. The minimum absolute atomic E-state index is 0.449. The van der Waals surface area contributed by atoms with Crippen molar-refractivity contribution in [2.45, 2.75) is 39.2 Å². The smallest absolute Gasteiger partial charge is 0.191 e. The number of hydrogen-bond donors (Lipinski definition) is 2. The topological polar surface area (TPSA) is 65.4 Å². The molecule has 2 aromatic heterocycles. The van der Waals surface area contributed by atoms with Crippen molar-refractivity contribution >= 4 is 11.8 Å². The second-order valence-electron chi connectivity index (χ2n) is 6.91. The van der Waals surface area contributed by atoms with Crippen molar-refractivity contribution in [3.05, 3.63) is 54.0 Å². The van der Waals surface area contributed by atoms with Crippen molar-refractivity contribution in [2.24, 2.45) is 4.99 Å². The van der Waals surface area contributed by atoms with Gasteiger partial charge in [-0.3, -0.25) is 9.98 Å². The van der Waals surface area contributed by atoms with Crippen LogP contribution in [-0.4, -0.2) is 48.1 Å². The monoisotopic (exact) mass is 366 g/mol. The van der Waals surface area contributed by atoms with E-state index in [2.05, 4.69) is 51.5 Å². The van der Waals surface area contributed by atoms with Gasteiger partial charge in [-0.25, -0.2) is 4.98 Å². The number of aromatic nitrogens is 2. The van der Waals surface area contributed by atoms with Crippen LogP contribution in [0.15, 0.2) is 47.8 Å². The van der Waals surface area contributed by atoms with Crippen molar-refractivity contribution in [3.8, 4) is 0 Å². The quantitative estimate of drug-likeness (QED) is 0.608. The molecule has 6 nitrogen and oxygen atoms in total. The Labute approximate surface area is 162 Å². The summed E-state index contributed by atoms with van der Waals surface area (Å²) < 4.78 is 0.